The van der Waals surface area contributed by atoms with E-state index >= 15 is 0 Å². The van der Waals surface area contributed by atoms with Crippen molar-refractivity contribution < 1.29 is 22.7 Å². The molecule has 0 aliphatic carbocycles. The summed E-state index contributed by atoms with van der Waals surface area (Å²) in [5.74, 6) is 0.246. The predicted molar refractivity (Wildman–Crippen MR) is 150 cm³/mol. The Labute approximate surface area is 229 Å². The van der Waals surface area contributed by atoms with Crippen molar-refractivity contribution in [2.45, 2.75) is 85.6 Å². The van der Waals surface area contributed by atoms with E-state index < -0.39 is 21.7 Å². The second-order valence-electron chi connectivity index (χ2n) is 10.7. The zero-order valence-corrected chi connectivity index (χ0v) is 24.8. The van der Waals surface area contributed by atoms with E-state index in [1.807, 2.05) is 24.3 Å². The van der Waals surface area contributed by atoms with Crippen LogP contribution in [0.1, 0.15) is 77.3 Å². The zero-order valence-electron chi connectivity index (χ0n) is 24.0. The molecule has 0 aliphatic rings. The molecule has 0 atom stereocenters. The van der Waals surface area contributed by atoms with E-state index in [9.17, 15) is 13.2 Å². The maximum atomic E-state index is 13.0. The first kappa shape index (κ1) is 31.8. The summed E-state index contributed by atoms with van der Waals surface area (Å²) in [7, 11) is -3.54. The highest BCUT2D eigenvalue weighted by molar-refractivity contribution is 7.89. The average Bonchev–Trinajstić information content (AvgIpc) is 3.30. The van der Waals surface area contributed by atoms with Crippen molar-refractivity contribution in [1.82, 2.24) is 18.8 Å². The molecular formula is C28H46N4O5S. The van der Waals surface area contributed by atoms with Gasteiger partial charge in [-0.3, -0.25) is 4.90 Å². The molecule has 1 amide bonds. The first-order valence-corrected chi connectivity index (χ1v) is 15.4. The number of carbonyl (C=O) groups excluding carboxylic acids is 1. The summed E-state index contributed by atoms with van der Waals surface area (Å²) in [5.41, 5.74) is 1.26. The van der Waals surface area contributed by atoms with Gasteiger partial charge in [-0.1, -0.05) is 38.1 Å². The van der Waals surface area contributed by atoms with Crippen LogP contribution in [0.2, 0.25) is 0 Å². The molecule has 0 saturated carbocycles. The molecule has 0 N–H and O–H groups in total. The number of amides is 1. The Hall–Kier alpha value is -2.43. The van der Waals surface area contributed by atoms with E-state index in [0.29, 0.717) is 6.61 Å². The van der Waals surface area contributed by atoms with Gasteiger partial charge in [-0.05, 0) is 77.2 Å². The molecule has 1 aromatic carbocycles. The van der Waals surface area contributed by atoms with E-state index in [0.717, 1.165) is 60.4 Å². The van der Waals surface area contributed by atoms with Gasteiger partial charge in [0.1, 0.15) is 11.4 Å². The van der Waals surface area contributed by atoms with Crippen LogP contribution in [0.4, 0.5) is 4.79 Å². The third kappa shape index (κ3) is 11.5. The van der Waals surface area contributed by atoms with Crippen LogP contribution in [0.5, 0.6) is 0 Å². The van der Waals surface area contributed by atoms with Crippen molar-refractivity contribution in [1.29, 1.82) is 0 Å². The Kier molecular flexibility index (Phi) is 12.7. The molecule has 0 aliphatic heterocycles. The predicted octanol–water partition coefficient (Wildman–Crippen LogP) is 5.05. The van der Waals surface area contributed by atoms with Crippen LogP contribution in [-0.2, 0) is 39.2 Å². The summed E-state index contributed by atoms with van der Waals surface area (Å²) in [6.07, 6.45) is 7.89. The van der Waals surface area contributed by atoms with Gasteiger partial charge in [-0.25, -0.2) is 22.2 Å². The lowest BCUT2D eigenvalue weighted by Crippen LogP contribution is -2.37. The van der Waals surface area contributed by atoms with E-state index in [4.69, 9.17) is 9.47 Å². The van der Waals surface area contributed by atoms with Crippen LogP contribution in [-0.4, -0.2) is 71.4 Å². The van der Waals surface area contributed by atoms with Crippen molar-refractivity contribution in [2.24, 2.45) is 0 Å². The molecule has 1 aromatic heterocycles. The molecule has 10 heteroatoms. The smallest absolute Gasteiger partial charge is 0.410 e. The van der Waals surface area contributed by atoms with Crippen LogP contribution >= 0.6 is 0 Å². The van der Waals surface area contributed by atoms with Crippen molar-refractivity contribution in [2.75, 3.05) is 32.5 Å². The van der Waals surface area contributed by atoms with Gasteiger partial charge in [0, 0.05) is 25.5 Å². The maximum Gasteiger partial charge on any atom is 0.410 e. The largest absolute Gasteiger partial charge is 0.444 e. The van der Waals surface area contributed by atoms with E-state index in [2.05, 4.69) is 23.7 Å². The molecule has 0 bridgehead atoms. The van der Waals surface area contributed by atoms with E-state index in [1.54, 1.807) is 20.8 Å². The molecule has 1 heterocycles. The topological polar surface area (TPSA) is 94.0 Å². The quantitative estimate of drug-likeness (QED) is 0.270. The Morgan fingerprint density at radius 3 is 2.18 bits per heavy atom. The fraction of sp³-hybridized carbons (Fsp3) is 0.643. The van der Waals surface area contributed by atoms with Crippen molar-refractivity contribution in [3.8, 4) is 0 Å². The minimum atomic E-state index is -3.54. The standard InChI is InChI=1S/C28H46N4O5S/c1-7-16-30(17-8-2)18-9-10-20-36-23-25-13-11-24(12-14-25)21-31(27(33)37-28(3,4)5)22-26-29-15-19-32(26)38(6,34)35/h11-15,19H,7-10,16-18,20-23H2,1-6H3. The fourth-order valence-corrected chi connectivity index (χ4v) is 4.84. The number of nitrogens with zero attached hydrogens (tertiary/aromatic N) is 4. The SMILES string of the molecule is CCCN(CCC)CCCCOCc1ccc(CN(Cc2nccn2S(C)(=O)=O)C(=O)OC(C)(C)C)cc1. The van der Waals surface area contributed by atoms with Gasteiger partial charge in [0.15, 0.2) is 0 Å². The minimum Gasteiger partial charge on any atom is -0.444 e. The van der Waals surface area contributed by atoms with Gasteiger partial charge >= 0.3 is 6.09 Å². The number of imidazole rings is 1. The molecular weight excluding hydrogens is 504 g/mol. The van der Waals surface area contributed by atoms with E-state index in [-0.39, 0.29) is 18.9 Å². The number of hydrogen-bond donors (Lipinski definition) is 0. The number of hydrogen-bond acceptors (Lipinski definition) is 7. The molecule has 0 spiro atoms. The van der Waals surface area contributed by atoms with Gasteiger partial charge in [0.2, 0.25) is 10.0 Å². The van der Waals surface area contributed by atoms with Crippen molar-refractivity contribution in [3.63, 3.8) is 0 Å². The van der Waals surface area contributed by atoms with Gasteiger partial charge in [0.25, 0.3) is 0 Å². The summed E-state index contributed by atoms with van der Waals surface area (Å²) in [4.78, 5) is 21.1. The number of aromatic nitrogens is 2. The number of carbonyl (C=O) groups is 1. The summed E-state index contributed by atoms with van der Waals surface area (Å²) < 4.78 is 36.7. The van der Waals surface area contributed by atoms with Crippen molar-refractivity contribution in [3.05, 3.63) is 53.6 Å². The summed E-state index contributed by atoms with van der Waals surface area (Å²) in [6.45, 7) is 14.8. The Balaban J connectivity index is 1.93. The molecule has 214 valence electrons. The fourth-order valence-electron chi connectivity index (χ4n) is 4.08. The second kappa shape index (κ2) is 15.2. The van der Waals surface area contributed by atoms with Gasteiger partial charge in [-0.15, -0.1) is 0 Å². The third-order valence-corrected chi connectivity index (χ3v) is 6.83. The molecule has 2 rings (SSSR count). The van der Waals surface area contributed by atoms with Crippen molar-refractivity contribution >= 4 is 16.1 Å². The Bertz CT molecular complexity index is 1070. The first-order valence-electron chi connectivity index (χ1n) is 13.5. The highest BCUT2D eigenvalue weighted by Crippen LogP contribution is 2.17. The van der Waals surface area contributed by atoms with Gasteiger partial charge in [0.05, 0.1) is 19.4 Å². The molecule has 38 heavy (non-hydrogen) atoms. The maximum absolute atomic E-state index is 13.0. The van der Waals surface area contributed by atoms with Gasteiger partial charge in [-0.2, -0.15) is 0 Å². The number of rotatable bonds is 16. The van der Waals surface area contributed by atoms with Crippen LogP contribution < -0.4 is 0 Å². The highest BCUT2D eigenvalue weighted by Gasteiger charge is 2.25. The number of unbranched alkanes of at least 4 members (excludes halogenated alkanes) is 1. The highest BCUT2D eigenvalue weighted by atomic mass is 32.2. The van der Waals surface area contributed by atoms with Crippen LogP contribution in [0, 0.1) is 0 Å². The molecule has 9 nitrogen and oxygen atoms in total. The third-order valence-electron chi connectivity index (χ3n) is 5.78. The minimum absolute atomic E-state index is 0.00616. The number of ether oxygens (including phenoxy) is 2. The zero-order chi connectivity index (χ0) is 28.2. The molecule has 2 aromatic rings. The molecule has 0 unspecified atom stereocenters. The summed E-state index contributed by atoms with van der Waals surface area (Å²) >= 11 is 0. The molecule has 0 saturated heterocycles. The lowest BCUT2D eigenvalue weighted by atomic mass is 10.1. The summed E-state index contributed by atoms with van der Waals surface area (Å²) in [6, 6.07) is 7.88. The normalized spacial score (nSPS) is 12.2. The summed E-state index contributed by atoms with van der Waals surface area (Å²) in [5, 5.41) is 0. The molecule has 0 radical (unpaired) electrons. The first-order chi connectivity index (χ1) is 17.9. The van der Waals surface area contributed by atoms with Crippen LogP contribution in [0.3, 0.4) is 0 Å². The average molecular weight is 551 g/mol. The second-order valence-corrected chi connectivity index (χ2v) is 12.5. The van der Waals surface area contributed by atoms with E-state index in [1.165, 1.54) is 30.1 Å². The van der Waals surface area contributed by atoms with Gasteiger partial charge < -0.3 is 14.4 Å². The Morgan fingerprint density at radius 2 is 1.61 bits per heavy atom. The Morgan fingerprint density at radius 1 is 0.974 bits per heavy atom. The molecule has 0 fully saturated rings. The monoisotopic (exact) mass is 550 g/mol. The lowest BCUT2D eigenvalue weighted by molar-refractivity contribution is 0.0211. The van der Waals surface area contributed by atoms with Crippen LogP contribution in [0.25, 0.3) is 0 Å². The van der Waals surface area contributed by atoms with Crippen LogP contribution in [0.15, 0.2) is 36.7 Å². The lowest BCUT2D eigenvalue weighted by Gasteiger charge is -2.27. The number of benzene rings is 1.